The van der Waals surface area contributed by atoms with Crippen molar-refractivity contribution in [3.05, 3.63) is 170 Å². The van der Waals surface area contributed by atoms with Crippen LogP contribution in [-0.2, 0) is 0 Å². The van der Waals surface area contributed by atoms with Crippen LogP contribution in [0.1, 0.15) is 18.2 Å². The Morgan fingerprint density at radius 1 is 0.462 bits per heavy atom. The van der Waals surface area contributed by atoms with Gasteiger partial charge in [-0.15, -0.1) is 11.3 Å². The van der Waals surface area contributed by atoms with Crippen LogP contribution in [0.4, 0.5) is 0 Å². The first-order valence-electron chi connectivity index (χ1n) is 17.8. The Labute approximate surface area is 304 Å². The van der Waals surface area contributed by atoms with E-state index < -0.39 is 0 Å². The molecule has 0 N–H and O–H groups in total. The molecule has 8 aromatic carbocycles. The molecule has 0 unspecified atom stereocenters. The zero-order valence-corrected chi connectivity index (χ0v) is 29.4. The molecule has 11 aromatic rings. The van der Waals surface area contributed by atoms with Gasteiger partial charge in [-0.3, -0.25) is 0 Å². The molecule has 0 aliphatic rings. The second-order valence-corrected chi connectivity index (χ2v) is 14.7. The zero-order valence-electron chi connectivity index (χ0n) is 28.6. The number of thiophene rings is 1. The van der Waals surface area contributed by atoms with Crippen LogP contribution in [0.15, 0.2) is 158 Å². The summed E-state index contributed by atoms with van der Waals surface area (Å²) >= 11 is 1.86. The first-order valence-corrected chi connectivity index (χ1v) is 18.7. The van der Waals surface area contributed by atoms with Gasteiger partial charge in [-0.25, -0.2) is 0 Å². The Kier molecular flexibility index (Phi) is 6.22. The van der Waals surface area contributed by atoms with Crippen molar-refractivity contribution in [2.75, 3.05) is 0 Å². The van der Waals surface area contributed by atoms with Crippen LogP contribution < -0.4 is 0 Å². The third-order valence-corrected chi connectivity index (χ3v) is 12.1. The summed E-state index contributed by atoms with van der Waals surface area (Å²) in [6.07, 6.45) is 6.43. The molecular formula is C49H32N2S. The lowest BCUT2D eigenvalue weighted by atomic mass is 9.94. The van der Waals surface area contributed by atoms with Crippen LogP contribution in [0.2, 0.25) is 0 Å². The molecule has 2 nitrogen and oxygen atoms in total. The lowest BCUT2D eigenvalue weighted by molar-refractivity contribution is 1.11. The molecule has 11 rings (SSSR count). The molecule has 0 aliphatic heterocycles. The highest BCUT2D eigenvalue weighted by atomic mass is 32.1. The predicted octanol–water partition coefficient (Wildman–Crippen LogP) is 14.2. The van der Waals surface area contributed by atoms with Gasteiger partial charge in [0.1, 0.15) is 0 Å². The van der Waals surface area contributed by atoms with Crippen LogP contribution in [0.25, 0.3) is 109 Å². The van der Waals surface area contributed by atoms with Gasteiger partial charge in [-0.1, -0.05) is 110 Å². The van der Waals surface area contributed by atoms with Gasteiger partial charge < -0.3 is 9.13 Å². The predicted molar refractivity (Wildman–Crippen MR) is 228 cm³/mol. The Bertz CT molecular complexity index is 3290. The molecular weight excluding hydrogens is 649 g/mol. The summed E-state index contributed by atoms with van der Waals surface area (Å²) in [5.41, 5.74) is 8.14. The van der Waals surface area contributed by atoms with Crippen LogP contribution in [0.3, 0.4) is 0 Å². The molecule has 0 fully saturated rings. The van der Waals surface area contributed by atoms with Crippen molar-refractivity contribution in [1.29, 1.82) is 0 Å². The lowest BCUT2D eigenvalue weighted by Gasteiger charge is -2.14. The van der Waals surface area contributed by atoms with Gasteiger partial charge >= 0.3 is 0 Å². The van der Waals surface area contributed by atoms with E-state index in [1.807, 2.05) is 17.4 Å². The Hall–Kier alpha value is -6.42. The highest BCUT2D eigenvalue weighted by molar-refractivity contribution is 7.25. The zero-order chi connectivity index (χ0) is 34.5. The molecule has 3 heteroatoms. The summed E-state index contributed by atoms with van der Waals surface area (Å²) < 4.78 is 7.52. The number of para-hydroxylation sites is 1. The first kappa shape index (κ1) is 29.3. The third kappa shape index (κ3) is 3.94. The minimum atomic E-state index is 1.13. The fraction of sp³-hybridized carbons (Fsp3) is 0.0204. The molecule has 3 heterocycles. The van der Waals surface area contributed by atoms with E-state index in [0.717, 1.165) is 16.9 Å². The minimum absolute atomic E-state index is 1.13. The van der Waals surface area contributed by atoms with E-state index in [2.05, 4.69) is 180 Å². The first-order chi connectivity index (χ1) is 25.7. The van der Waals surface area contributed by atoms with Crippen LogP contribution in [0.5, 0.6) is 0 Å². The van der Waals surface area contributed by atoms with E-state index in [-0.39, 0.29) is 0 Å². The monoisotopic (exact) mass is 680 g/mol. The number of aromatic nitrogens is 2. The molecule has 0 saturated heterocycles. The SMILES string of the molecule is C=Cc1c(/C=C\C)n(-c2ccc3c4ccccc4c4ccccc4c3c2)c2ccc3c(c4ccccc4n3-c3ccc4sc5ccccc5c4c3)c12. The Morgan fingerprint density at radius 2 is 1.00 bits per heavy atom. The van der Waals surface area contributed by atoms with Crippen molar-refractivity contribution in [2.24, 2.45) is 0 Å². The smallest absolute Gasteiger partial charge is 0.0548 e. The van der Waals surface area contributed by atoms with E-state index in [1.54, 1.807) is 0 Å². The average Bonchev–Trinajstić information content (AvgIpc) is 3.85. The van der Waals surface area contributed by atoms with E-state index in [9.17, 15) is 0 Å². The van der Waals surface area contributed by atoms with E-state index >= 15 is 0 Å². The van der Waals surface area contributed by atoms with Crippen molar-refractivity contribution in [3.63, 3.8) is 0 Å². The number of fused-ring (bicyclic) bond motifs is 14. The summed E-state index contributed by atoms with van der Waals surface area (Å²) in [5.74, 6) is 0. The van der Waals surface area contributed by atoms with E-state index in [4.69, 9.17) is 0 Å². The fourth-order valence-corrected chi connectivity index (χ4v) is 9.95. The Morgan fingerprint density at radius 3 is 1.71 bits per heavy atom. The van der Waals surface area contributed by atoms with Crippen molar-refractivity contribution in [3.8, 4) is 11.4 Å². The Balaban J connectivity index is 1.24. The van der Waals surface area contributed by atoms with E-state index in [1.165, 1.54) is 90.9 Å². The summed E-state index contributed by atoms with van der Waals surface area (Å²) in [4.78, 5) is 0. The number of benzene rings is 8. The maximum absolute atomic E-state index is 4.41. The average molecular weight is 681 g/mol. The summed E-state index contributed by atoms with van der Waals surface area (Å²) in [6.45, 7) is 6.51. The highest BCUT2D eigenvalue weighted by Crippen LogP contribution is 2.44. The standard InChI is InChI=1S/C49H32N2S/c1-3-13-42-32(4-2)48-44(50(42)30-22-24-37-35-16-6-5-14-33(35)34-15-7-8-17-36(34)40(37)28-30)25-26-45-49(48)39-19-9-11-20-43(39)51(45)31-23-27-47-41(29-31)38-18-10-12-21-46(38)52-47/h3-29H,2H2,1H3/b13-3-. The van der Waals surface area contributed by atoms with Gasteiger partial charge in [0, 0.05) is 53.3 Å². The number of allylic oxidation sites excluding steroid dienone is 1. The third-order valence-electron chi connectivity index (χ3n) is 11.0. The number of hydrogen-bond acceptors (Lipinski definition) is 1. The fourth-order valence-electron chi connectivity index (χ4n) is 8.86. The van der Waals surface area contributed by atoms with Crippen molar-refractivity contribution in [2.45, 2.75) is 6.92 Å². The largest absolute Gasteiger partial charge is 0.309 e. The number of hydrogen-bond donors (Lipinski definition) is 0. The van der Waals surface area contributed by atoms with Crippen LogP contribution in [0, 0.1) is 0 Å². The van der Waals surface area contributed by atoms with Gasteiger partial charge in [-0.05, 0) is 99.9 Å². The van der Waals surface area contributed by atoms with Gasteiger partial charge in [0.05, 0.1) is 22.2 Å². The second-order valence-electron chi connectivity index (χ2n) is 13.6. The number of nitrogens with zero attached hydrogens (tertiary/aromatic N) is 2. The van der Waals surface area contributed by atoms with Crippen molar-refractivity contribution >= 4 is 109 Å². The van der Waals surface area contributed by atoms with Crippen LogP contribution in [-0.4, -0.2) is 9.13 Å². The van der Waals surface area contributed by atoms with Gasteiger partial charge in [0.25, 0.3) is 0 Å². The topological polar surface area (TPSA) is 9.86 Å². The molecule has 52 heavy (non-hydrogen) atoms. The molecule has 0 amide bonds. The van der Waals surface area contributed by atoms with Gasteiger partial charge in [-0.2, -0.15) is 0 Å². The maximum atomic E-state index is 4.41. The molecule has 0 radical (unpaired) electrons. The quantitative estimate of drug-likeness (QED) is 0.164. The molecule has 0 spiro atoms. The summed E-state index contributed by atoms with van der Waals surface area (Å²) in [5, 5.41) is 14.0. The molecule has 244 valence electrons. The molecule has 0 bridgehead atoms. The molecule has 0 saturated carbocycles. The summed E-state index contributed by atoms with van der Waals surface area (Å²) in [6, 6.07) is 53.7. The molecule has 0 atom stereocenters. The lowest BCUT2D eigenvalue weighted by Crippen LogP contribution is -1.98. The molecule has 3 aromatic heterocycles. The normalized spacial score (nSPS) is 12.3. The molecule has 0 aliphatic carbocycles. The summed E-state index contributed by atoms with van der Waals surface area (Å²) in [7, 11) is 0. The van der Waals surface area contributed by atoms with Gasteiger partial charge in [0.15, 0.2) is 0 Å². The maximum Gasteiger partial charge on any atom is 0.0548 e. The minimum Gasteiger partial charge on any atom is -0.309 e. The second kappa shape index (κ2) is 11.0. The van der Waals surface area contributed by atoms with E-state index in [0.29, 0.717) is 0 Å². The highest BCUT2D eigenvalue weighted by Gasteiger charge is 2.23. The van der Waals surface area contributed by atoms with Crippen molar-refractivity contribution < 1.29 is 0 Å². The number of rotatable bonds is 4. The van der Waals surface area contributed by atoms with Crippen molar-refractivity contribution in [1.82, 2.24) is 9.13 Å². The van der Waals surface area contributed by atoms with Crippen LogP contribution >= 0.6 is 11.3 Å². The van der Waals surface area contributed by atoms with Gasteiger partial charge in [0.2, 0.25) is 0 Å².